The summed E-state index contributed by atoms with van der Waals surface area (Å²) in [6, 6.07) is 0. The van der Waals surface area contributed by atoms with E-state index in [1.165, 1.54) is 4.91 Å². The molecule has 0 rings (SSSR count). The molecule has 0 unspecified atom stereocenters. The van der Waals surface area contributed by atoms with Gasteiger partial charge in [-0.15, -0.1) is 11.8 Å². The van der Waals surface area contributed by atoms with E-state index in [1.54, 1.807) is 17.8 Å². The molecule has 0 fully saturated rings. The highest BCUT2D eigenvalue weighted by Gasteiger charge is 2.16. The van der Waals surface area contributed by atoms with Crippen molar-refractivity contribution in [3.05, 3.63) is 11.0 Å². The first-order chi connectivity index (χ1) is 5.91. The van der Waals surface area contributed by atoms with Gasteiger partial charge in [0.25, 0.3) is 0 Å². The Morgan fingerprint density at radius 3 is 2.23 bits per heavy atom. The molecule has 0 heterocycles. The van der Waals surface area contributed by atoms with Crippen LogP contribution >= 0.6 is 11.8 Å². The van der Waals surface area contributed by atoms with Crippen LogP contribution in [-0.2, 0) is 4.79 Å². The van der Waals surface area contributed by atoms with Gasteiger partial charge in [-0.05, 0) is 29.1 Å². The third-order valence-corrected chi connectivity index (χ3v) is 2.92. The molecule has 0 amide bonds. The van der Waals surface area contributed by atoms with Gasteiger partial charge in [0.05, 0.1) is 0 Å². The molecule has 0 spiro atoms. The van der Waals surface area contributed by atoms with E-state index in [1.807, 2.05) is 13.2 Å². The molecule has 0 aromatic rings. The number of ketones is 1. The molecular weight excluding hydrogens is 180 g/mol. The second kappa shape index (κ2) is 5.48. The first kappa shape index (κ1) is 12.8. The van der Waals surface area contributed by atoms with Crippen LogP contribution in [0.2, 0.25) is 0 Å². The molecule has 0 aliphatic carbocycles. The van der Waals surface area contributed by atoms with E-state index in [9.17, 15) is 4.79 Å². The second-order valence-corrected chi connectivity index (χ2v) is 5.03. The third-order valence-electron chi connectivity index (χ3n) is 1.75. The van der Waals surface area contributed by atoms with Gasteiger partial charge in [-0.1, -0.05) is 27.7 Å². The van der Waals surface area contributed by atoms with Crippen molar-refractivity contribution >= 4 is 17.5 Å². The maximum Gasteiger partial charge on any atom is 0.156 e. The topological polar surface area (TPSA) is 17.1 Å². The van der Waals surface area contributed by atoms with Gasteiger partial charge in [0.15, 0.2) is 5.78 Å². The predicted octanol–water partition coefficient (Wildman–Crippen LogP) is 3.65. The average Bonchev–Trinajstić information content (AvgIpc) is 1.98. The van der Waals surface area contributed by atoms with E-state index in [2.05, 4.69) is 20.8 Å². The van der Waals surface area contributed by atoms with Gasteiger partial charge < -0.3 is 0 Å². The van der Waals surface area contributed by atoms with Crippen molar-refractivity contribution in [2.45, 2.75) is 40.5 Å². The molecule has 0 aromatic carbocycles. The van der Waals surface area contributed by atoms with E-state index >= 15 is 0 Å². The lowest BCUT2D eigenvalue weighted by Crippen LogP contribution is -2.08. The lowest BCUT2D eigenvalue weighted by Gasteiger charge is -2.20. The Kier molecular flexibility index (Phi) is 5.38. The molecule has 13 heavy (non-hydrogen) atoms. The molecule has 0 atom stereocenters. The van der Waals surface area contributed by atoms with Gasteiger partial charge in [0, 0.05) is 6.42 Å². The summed E-state index contributed by atoms with van der Waals surface area (Å²) in [5.41, 5.74) is 0.100. The first-order valence-electron chi connectivity index (χ1n) is 4.70. The Hall–Kier alpha value is -0.240. The van der Waals surface area contributed by atoms with Gasteiger partial charge in [-0.3, -0.25) is 4.79 Å². The molecule has 76 valence electrons. The van der Waals surface area contributed by atoms with Gasteiger partial charge in [0.2, 0.25) is 0 Å². The highest BCUT2D eigenvalue weighted by molar-refractivity contribution is 8.02. The summed E-state index contributed by atoms with van der Waals surface area (Å²) in [4.78, 5) is 12.5. The highest BCUT2D eigenvalue weighted by Crippen LogP contribution is 2.32. The molecule has 0 radical (unpaired) electrons. The van der Waals surface area contributed by atoms with Crippen LogP contribution in [0, 0.1) is 5.41 Å². The van der Waals surface area contributed by atoms with E-state index in [0.717, 1.165) is 6.42 Å². The Labute approximate surface area is 86.0 Å². The van der Waals surface area contributed by atoms with Crippen molar-refractivity contribution in [2.24, 2.45) is 5.41 Å². The van der Waals surface area contributed by atoms with Crippen LogP contribution in [0.5, 0.6) is 0 Å². The quantitative estimate of drug-likeness (QED) is 0.644. The largest absolute Gasteiger partial charge is 0.295 e. The van der Waals surface area contributed by atoms with E-state index in [-0.39, 0.29) is 11.2 Å². The highest BCUT2D eigenvalue weighted by atomic mass is 32.2. The zero-order valence-electron chi connectivity index (χ0n) is 9.31. The van der Waals surface area contributed by atoms with Gasteiger partial charge in [-0.2, -0.15) is 0 Å². The third kappa shape index (κ3) is 5.14. The molecule has 0 N–H and O–H groups in total. The van der Waals surface area contributed by atoms with Crippen LogP contribution in [0.25, 0.3) is 0 Å². The molecule has 0 aliphatic rings. The maximum absolute atomic E-state index is 11.4. The summed E-state index contributed by atoms with van der Waals surface area (Å²) in [5, 5.41) is 0. The number of carbonyl (C=O) groups is 1. The van der Waals surface area contributed by atoms with Crippen molar-refractivity contribution < 1.29 is 4.79 Å². The van der Waals surface area contributed by atoms with Crippen molar-refractivity contribution in [1.29, 1.82) is 0 Å². The Bertz CT molecular complexity index is 199. The SMILES string of the molecule is CCCC(=O)/C=C(\SC)C(C)(C)C. The lowest BCUT2D eigenvalue weighted by atomic mass is 9.95. The van der Waals surface area contributed by atoms with Crippen LogP contribution in [0.1, 0.15) is 40.5 Å². The molecule has 0 saturated heterocycles. The number of hydrogen-bond donors (Lipinski definition) is 0. The van der Waals surface area contributed by atoms with Crippen LogP contribution in [0.3, 0.4) is 0 Å². The standard InChI is InChI=1S/C11H20OS/c1-6-7-9(12)8-10(13-5)11(2,3)4/h8H,6-7H2,1-5H3/b10-8-. The summed E-state index contributed by atoms with van der Waals surface area (Å²) in [7, 11) is 0. The van der Waals surface area contributed by atoms with Crippen molar-refractivity contribution in [3.8, 4) is 0 Å². The Morgan fingerprint density at radius 2 is 1.92 bits per heavy atom. The molecule has 0 bridgehead atoms. The van der Waals surface area contributed by atoms with Crippen LogP contribution in [0.15, 0.2) is 11.0 Å². The average molecular weight is 200 g/mol. The number of allylic oxidation sites excluding steroid dienone is 2. The summed E-state index contributed by atoms with van der Waals surface area (Å²) >= 11 is 1.67. The smallest absolute Gasteiger partial charge is 0.156 e. The molecule has 2 heteroatoms. The first-order valence-corrected chi connectivity index (χ1v) is 5.93. The summed E-state index contributed by atoms with van der Waals surface area (Å²) < 4.78 is 0. The fraction of sp³-hybridized carbons (Fsp3) is 0.727. The second-order valence-electron chi connectivity index (χ2n) is 4.18. The molecule has 0 saturated carbocycles. The number of hydrogen-bond acceptors (Lipinski definition) is 2. The van der Waals surface area contributed by atoms with Gasteiger partial charge in [-0.25, -0.2) is 0 Å². The Balaban J connectivity index is 4.48. The van der Waals surface area contributed by atoms with Gasteiger partial charge in [0.1, 0.15) is 0 Å². The number of thioether (sulfide) groups is 1. The van der Waals surface area contributed by atoms with Crippen molar-refractivity contribution in [3.63, 3.8) is 0 Å². The lowest BCUT2D eigenvalue weighted by molar-refractivity contribution is -0.114. The fourth-order valence-corrected chi connectivity index (χ4v) is 1.91. The molecular formula is C11H20OS. The summed E-state index contributed by atoms with van der Waals surface area (Å²) in [6.45, 7) is 8.43. The number of carbonyl (C=O) groups excluding carboxylic acids is 1. The predicted molar refractivity (Wildman–Crippen MR) is 61.0 cm³/mol. The normalized spacial score (nSPS) is 13.2. The van der Waals surface area contributed by atoms with E-state index in [4.69, 9.17) is 0 Å². The van der Waals surface area contributed by atoms with Gasteiger partial charge >= 0.3 is 0 Å². The summed E-state index contributed by atoms with van der Waals surface area (Å²) in [5.74, 6) is 0.252. The zero-order valence-corrected chi connectivity index (χ0v) is 10.1. The Morgan fingerprint density at radius 1 is 1.38 bits per heavy atom. The van der Waals surface area contributed by atoms with Crippen LogP contribution < -0.4 is 0 Å². The monoisotopic (exact) mass is 200 g/mol. The maximum atomic E-state index is 11.4. The van der Waals surface area contributed by atoms with E-state index < -0.39 is 0 Å². The fourth-order valence-electron chi connectivity index (χ4n) is 1.05. The van der Waals surface area contributed by atoms with Crippen LogP contribution in [0.4, 0.5) is 0 Å². The van der Waals surface area contributed by atoms with Crippen molar-refractivity contribution in [1.82, 2.24) is 0 Å². The van der Waals surface area contributed by atoms with Crippen molar-refractivity contribution in [2.75, 3.05) is 6.26 Å². The molecule has 1 nitrogen and oxygen atoms in total. The van der Waals surface area contributed by atoms with E-state index in [0.29, 0.717) is 6.42 Å². The van der Waals surface area contributed by atoms with Crippen LogP contribution in [-0.4, -0.2) is 12.0 Å². The molecule has 0 aromatic heterocycles. The summed E-state index contributed by atoms with van der Waals surface area (Å²) in [6.07, 6.45) is 5.42. The minimum Gasteiger partial charge on any atom is -0.295 e. The zero-order chi connectivity index (χ0) is 10.5. The minimum absolute atomic E-state index is 0.100. The number of rotatable bonds is 4. The minimum atomic E-state index is 0.100. The molecule has 0 aliphatic heterocycles.